The predicted octanol–water partition coefficient (Wildman–Crippen LogP) is 4.30. The second-order valence-corrected chi connectivity index (χ2v) is 5.40. The van der Waals surface area contributed by atoms with Crippen LogP contribution in [0.25, 0.3) is 22.2 Å². The molecular weight excluding hydrogens is 248 g/mol. The van der Waals surface area contributed by atoms with E-state index in [2.05, 4.69) is 43.7 Å². The Labute approximate surface area is 118 Å². The van der Waals surface area contributed by atoms with E-state index in [1.54, 1.807) is 12.1 Å². The topological polar surface area (TPSA) is 38.0 Å². The zero-order valence-electron chi connectivity index (χ0n) is 12.0. The second kappa shape index (κ2) is 4.67. The molecule has 0 radical (unpaired) electrons. The van der Waals surface area contributed by atoms with Gasteiger partial charge in [-0.1, -0.05) is 18.2 Å². The third kappa shape index (κ3) is 1.95. The van der Waals surface area contributed by atoms with Crippen LogP contribution in [0.2, 0.25) is 0 Å². The number of fused-ring (bicyclic) bond motifs is 1. The van der Waals surface area contributed by atoms with E-state index in [1.807, 2.05) is 12.1 Å². The van der Waals surface area contributed by atoms with E-state index in [9.17, 15) is 5.11 Å². The lowest BCUT2D eigenvalue weighted by Gasteiger charge is -2.11. The smallest absolute Gasteiger partial charge is 0.115 e. The molecule has 0 aliphatic carbocycles. The Morgan fingerprint density at radius 3 is 2.40 bits per heavy atom. The third-order valence-corrected chi connectivity index (χ3v) is 3.56. The molecular formula is C17H18N2O. The van der Waals surface area contributed by atoms with E-state index < -0.39 is 0 Å². The van der Waals surface area contributed by atoms with E-state index in [4.69, 9.17) is 5.10 Å². The summed E-state index contributed by atoms with van der Waals surface area (Å²) in [6.45, 7) is 6.34. The van der Waals surface area contributed by atoms with Crippen molar-refractivity contribution in [1.29, 1.82) is 0 Å². The van der Waals surface area contributed by atoms with Gasteiger partial charge in [0.1, 0.15) is 5.75 Å². The van der Waals surface area contributed by atoms with Crippen LogP contribution >= 0.6 is 0 Å². The summed E-state index contributed by atoms with van der Waals surface area (Å²) >= 11 is 0. The van der Waals surface area contributed by atoms with Crippen molar-refractivity contribution < 1.29 is 5.11 Å². The van der Waals surface area contributed by atoms with Crippen molar-refractivity contribution in [3.63, 3.8) is 0 Å². The lowest BCUT2D eigenvalue weighted by molar-refractivity contribution is 0.475. The van der Waals surface area contributed by atoms with Crippen LogP contribution in [0, 0.1) is 6.92 Å². The first-order valence-electron chi connectivity index (χ1n) is 6.85. The minimum Gasteiger partial charge on any atom is -0.508 e. The molecule has 1 heterocycles. The number of hydrogen-bond donors (Lipinski definition) is 1. The number of phenolic OH excluding ortho intramolecular Hbond substituents is 1. The van der Waals surface area contributed by atoms with Crippen molar-refractivity contribution in [2.45, 2.75) is 26.8 Å². The molecule has 0 saturated carbocycles. The van der Waals surface area contributed by atoms with Gasteiger partial charge in [-0.3, -0.25) is 4.68 Å². The van der Waals surface area contributed by atoms with Crippen LogP contribution in [0.5, 0.6) is 5.75 Å². The van der Waals surface area contributed by atoms with E-state index >= 15 is 0 Å². The van der Waals surface area contributed by atoms with Gasteiger partial charge in [-0.2, -0.15) is 5.10 Å². The van der Waals surface area contributed by atoms with Crippen LogP contribution < -0.4 is 0 Å². The molecule has 1 N–H and O–H groups in total. The zero-order valence-corrected chi connectivity index (χ0v) is 12.0. The first-order valence-corrected chi connectivity index (χ1v) is 6.85. The molecule has 0 amide bonds. The lowest BCUT2D eigenvalue weighted by Crippen LogP contribution is -2.04. The number of rotatable bonds is 2. The first kappa shape index (κ1) is 12.7. The summed E-state index contributed by atoms with van der Waals surface area (Å²) in [5.41, 5.74) is 4.41. The Bertz CT molecular complexity index is 755. The average molecular weight is 266 g/mol. The predicted molar refractivity (Wildman–Crippen MR) is 82.0 cm³/mol. The van der Waals surface area contributed by atoms with Crippen LogP contribution in [-0.4, -0.2) is 14.9 Å². The van der Waals surface area contributed by atoms with Crippen molar-refractivity contribution in [3.8, 4) is 17.0 Å². The molecule has 3 nitrogen and oxygen atoms in total. The molecule has 0 aliphatic heterocycles. The summed E-state index contributed by atoms with van der Waals surface area (Å²) in [6, 6.07) is 13.8. The van der Waals surface area contributed by atoms with Gasteiger partial charge in [-0.25, -0.2) is 0 Å². The average Bonchev–Trinajstić information content (AvgIpc) is 2.81. The molecule has 0 aliphatic rings. The van der Waals surface area contributed by atoms with E-state index in [0.29, 0.717) is 0 Å². The standard InChI is InChI=1S/C17H18N2O/c1-11(2)19-17(13-7-9-14(20)10-8-13)15-6-4-5-12(3)16(15)18-19/h4-11,20H,1-3H3. The molecule has 2 aromatic carbocycles. The molecule has 3 heteroatoms. The fourth-order valence-electron chi connectivity index (χ4n) is 2.54. The highest BCUT2D eigenvalue weighted by Crippen LogP contribution is 2.33. The van der Waals surface area contributed by atoms with Crippen LogP contribution in [-0.2, 0) is 0 Å². The molecule has 1 aromatic heterocycles. The molecule has 0 bridgehead atoms. The summed E-state index contributed by atoms with van der Waals surface area (Å²) < 4.78 is 2.06. The number of hydrogen-bond acceptors (Lipinski definition) is 2. The number of aromatic nitrogens is 2. The first-order chi connectivity index (χ1) is 9.58. The number of phenols is 1. The number of benzene rings is 2. The number of aryl methyl sites for hydroxylation is 1. The van der Waals surface area contributed by atoms with Gasteiger partial charge in [0, 0.05) is 17.0 Å². The van der Waals surface area contributed by atoms with Crippen molar-refractivity contribution in [3.05, 3.63) is 48.0 Å². The Morgan fingerprint density at radius 2 is 1.75 bits per heavy atom. The lowest BCUT2D eigenvalue weighted by atomic mass is 10.1. The van der Waals surface area contributed by atoms with E-state index in [1.165, 1.54) is 5.56 Å². The zero-order chi connectivity index (χ0) is 14.3. The molecule has 0 spiro atoms. The Morgan fingerprint density at radius 1 is 1.05 bits per heavy atom. The van der Waals surface area contributed by atoms with Gasteiger partial charge in [0.05, 0.1) is 11.2 Å². The maximum atomic E-state index is 9.47. The highest BCUT2D eigenvalue weighted by atomic mass is 16.3. The van der Waals surface area contributed by atoms with Crippen LogP contribution in [0.15, 0.2) is 42.5 Å². The molecule has 0 fully saturated rings. The minimum atomic E-state index is 0.282. The number of nitrogens with zero attached hydrogens (tertiary/aromatic N) is 2. The van der Waals surface area contributed by atoms with Crippen molar-refractivity contribution in [1.82, 2.24) is 9.78 Å². The quantitative estimate of drug-likeness (QED) is 0.751. The highest BCUT2D eigenvalue weighted by Gasteiger charge is 2.16. The summed E-state index contributed by atoms with van der Waals surface area (Å²) in [5, 5.41) is 15.4. The van der Waals surface area contributed by atoms with Crippen LogP contribution in [0.4, 0.5) is 0 Å². The molecule has 3 aromatic rings. The van der Waals surface area contributed by atoms with Crippen molar-refractivity contribution in [2.24, 2.45) is 0 Å². The fraction of sp³-hybridized carbons (Fsp3) is 0.235. The van der Waals surface area contributed by atoms with Gasteiger partial charge in [0.25, 0.3) is 0 Å². The van der Waals surface area contributed by atoms with Gasteiger partial charge >= 0.3 is 0 Å². The van der Waals surface area contributed by atoms with E-state index in [-0.39, 0.29) is 11.8 Å². The SMILES string of the molecule is Cc1cccc2c(-c3ccc(O)cc3)n(C(C)C)nc12. The summed E-state index contributed by atoms with van der Waals surface area (Å²) in [7, 11) is 0. The monoisotopic (exact) mass is 266 g/mol. The molecule has 3 rings (SSSR count). The van der Waals surface area contributed by atoms with Crippen molar-refractivity contribution in [2.75, 3.05) is 0 Å². The molecule has 0 unspecified atom stereocenters. The molecule has 20 heavy (non-hydrogen) atoms. The van der Waals surface area contributed by atoms with E-state index in [0.717, 1.165) is 22.2 Å². The fourth-order valence-corrected chi connectivity index (χ4v) is 2.54. The van der Waals surface area contributed by atoms with Crippen LogP contribution in [0.1, 0.15) is 25.5 Å². The highest BCUT2D eigenvalue weighted by molar-refractivity contribution is 5.95. The molecule has 102 valence electrons. The largest absolute Gasteiger partial charge is 0.508 e. The third-order valence-electron chi connectivity index (χ3n) is 3.56. The summed E-state index contributed by atoms with van der Waals surface area (Å²) in [6.07, 6.45) is 0. The normalized spacial score (nSPS) is 11.4. The van der Waals surface area contributed by atoms with Gasteiger partial charge in [-0.05, 0) is 50.6 Å². The summed E-state index contributed by atoms with van der Waals surface area (Å²) in [5.74, 6) is 0.282. The Kier molecular flexibility index (Phi) is 2.97. The van der Waals surface area contributed by atoms with Crippen molar-refractivity contribution >= 4 is 10.9 Å². The summed E-state index contributed by atoms with van der Waals surface area (Å²) in [4.78, 5) is 0. The van der Waals surface area contributed by atoms with Crippen LogP contribution in [0.3, 0.4) is 0 Å². The molecule has 0 saturated heterocycles. The second-order valence-electron chi connectivity index (χ2n) is 5.40. The van der Waals surface area contributed by atoms with Gasteiger partial charge in [0.15, 0.2) is 0 Å². The minimum absolute atomic E-state index is 0.282. The van der Waals surface area contributed by atoms with Gasteiger partial charge in [-0.15, -0.1) is 0 Å². The van der Waals surface area contributed by atoms with Gasteiger partial charge in [0.2, 0.25) is 0 Å². The maximum Gasteiger partial charge on any atom is 0.115 e. The molecule has 0 atom stereocenters. The Hall–Kier alpha value is -2.29. The Balaban J connectivity index is 2.35. The van der Waals surface area contributed by atoms with Gasteiger partial charge < -0.3 is 5.11 Å². The number of aromatic hydroxyl groups is 1. The maximum absolute atomic E-state index is 9.47.